The molecule has 3 atom stereocenters. The van der Waals surface area contributed by atoms with Gasteiger partial charge in [-0.2, -0.15) is 0 Å². The molecule has 0 spiro atoms. The van der Waals surface area contributed by atoms with Crippen LogP contribution in [0.3, 0.4) is 0 Å². The van der Waals surface area contributed by atoms with Crippen molar-refractivity contribution in [1.29, 1.82) is 0 Å². The molecule has 1 aliphatic carbocycles. The van der Waals surface area contributed by atoms with Crippen LogP contribution in [0.5, 0.6) is 0 Å². The number of anilines is 2. The Balaban J connectivity index is 1.20. The molecule has 1 aliphatic heterocycles. The molecule has 1 heterocycles. The fraction of sp³-hybridized carbons (Fsp3) is 0.241. The molecule has 3 amide bonds. The predicted octanol–water partition coefficient (Wildman–Crippen LogP) is 5.97. The minimum Gasteiger partial charge on any atom is -0.452 e. The Bertz CT molecular complexity index is 1400. The molecule has 3 aromatic carbocycles. The monoisotopic (exact) mass is 594 g/mol. The number of rotatable bonds is 6. The normalized spacial score (nSPS) is 20.7. The summed E-state index contributed by atoms with van der Waals surface area (Å²) in [6.45, 7) is -0.498. The summed E-state index contributed by atoms with van der Waals surface area (Å²) in [5, 5.41) is 2.93. The van der Waals surface area contributed by atoms with Crippen molar-refractivity contribution in [3.63, 3.8) is 0 Å². The number of hydrogen-bond donors (Lipinski definition) is 1. The molecule has 3 aromatic rings. The van der Waals surface area contributed by atoms with Crippen LogP contribution in [0.4, 0.5) is 11.4 Å². The Hall–Kier alpha value is -3.49. The maximum atomic E-state index is 13.3. The number of ether oxygens (including phenoxy) is 1. The Morgan fingerprint density at radius 1 is 0.947 bits per heavy atom. The second-order valence-corrected chi connectivity index (χ2v) is 10.8. The van der Waals surface area contributed by atoms with E-state index < -0.39 is 18.5 Å². The minimum absolute atomic E-state index is 0.190. The number of carbonyl (C=O) groups is 4. The van der Waals surface area contributed by atoms with Crippen LogP contribution in [0.2, 0.25) is 5.02 Å². The summed E-state index contributed by atoms with van der Waals surface area (Å²) >= 11 is 9.38. The Kier molecular flexibility index (Phi) is 7.63. The van der Waals surface area contributed by atoms with Gasteiger partial charge in [-0.15, -0.1) is 0 Å². The van der Waals surface area contributed by atoms with E-state index in [9.17, 15) is 19.2 Å². The van der Waals surface area contributed by atoms with Crippen molar-refractivity contribution >= 4 is 62.6 Å². The van der Waals surface area contributed by atoms with E-state index in [-0.39, 0.29) is 35.1 Å². The van der Waals surface area contributed by atoms with E-state index in [1.165, 1.54) is 22.6 Å². The van der Waals surface area contributed by atoms with Crippen LogP contribution in [0.1, 0.15) is 41.1 Å². The molecule has 0 aromatic heterocycles. The molecule has 38 heavy (non-hydrogen) atoms. The first kappa shape index (κ1) is 26.1. The highest BCUT2D eigenvalue weighted by molar-refractivity contribution is 9.10. The van der Waals surface area contributed by atoms with Crippen molar-refractivity contribution < 1.29 is 23.9 Å². The van der Waals surface area contributed by atoms with Crippen molar-refractivity contribution in [3.8, 4) is 0 Å². The van der Waals surface area contributed by atoms with Crippen LogP contribution in [0.25, 0.3) is 0 Å². The number of benzene rings is 3. The molecule has 7 nitrogen and oxygen atoms in total. The number of fused-ring (bicyclic) bond motifs is 1. The highest BCUT2D eigenvalue weighted by Crippen LogP contribution is 2.45. The van der Waals surface area contributed by atoms with Gasteiger partial charge in [-0.25, -0.2) is 4.79 Å². The SMILES string of the molecule is O=C(COC(=O)c1ccc(N2C(=O)[C@H]3C[C@@H](c4ccccc4)CC[C@H]3C2=O)cc1)Nc1ccc(Br)cc1Cl. The maximum absolute atomic E-state index is 13.3. The fourth-order valence-electron chi connectivity index (χ4n) is 5.20. The lowest BCUT2D eigenvalue weighted by molar-refractivity contribution is -0.122. The van der Waals surface area contributed by atoms with Crippen LogP contribution in [0.15, 0.2) is 77.3 Å². The summed E-state index contributed by atoms with van der Waals surface area (Å²) in [4.78, 5) is 52.3. The highest BCUT2D eigenvalue weighted by atomic mass is 79.9. The summed E-state index contributed by atoms with van der Waals surface area (Å²) in [7, 11) is 0. The molecule has 2 aliphatic rings. The van der Waals surface area contributed by atoms with Crippen LogP contribution >= 0.6 is 27.5 Å². The van der Waals surface area contributed by atoms with E-state index in [1.54, 1.807) is 30.3 Å². The molecule has 1 N–H and O–H groups in total. The fourth-order valence-corrected chi connectivity index (χ4v) is 5.92. The van der Waals surface area contributed by atoms with Gasteiger partial charge >= 0.3 is 5.97 Å². The van der Waals surface area contributed by atoms with E-state index in [0.717, 1.165) is 10.9 Å². The Morgan fingerprint density at radius 2 is 1.66 bits per heavy atom. The molecular formula is C29H24BrClN2O5. The third-order valence-corrected chi connectivity index (χ3v) is 7.90. The van der Waals surface area contributed by atoms with Gasteiger partial charge in [0.15, 0.2) is 6.61 Å². The van der Waals surface area contributed by atoms with Crippen molar-refractivity contribution in [2.45, 2.75) is 25.2 Å². The third kappa shape index (κ3) is 5.37. The maximum Gasteiger partial charge on any atom is 0.338 e. The van der Waals surface area contributed by atoms with Gasteiger partial charge in [0.1, 0.15) is 0 Å². The molecule has 194 valence electrons. The van der Waals surface area contributed by atoms with Crippen molar-refractivity contribution in [2.75, 3.05) is 16.8 Å². The number of amides is 3. The van der Waals surface area contributed by atoms with Crippen LogP contribution in [-0.4, -0.2) is 30.3 Å². The van der Waals surface area contributed by atoms with E-state index in [4.69, 9.17) is 16.3 Å². The first-order chi connectivity index (χ1) is 18.3. The third-order valence-electron chi connectivity index (χ3n) is 7.10. The standard InChI is InChI=1S/C29H24BrClN2O5/c30-20-9-13-25(24(31)15-20)32-26(34)16-38-29(37)18-6-10-21(11-7-18)33-27(35)22-12-8-19(14-23(22)28(33)36)17-4-2-1-3-5-17/h1-7,9-11,13,15,19,22-23H,8,12,14,16H2,(H,32,34)/t19-,22+,23-/m0/s1. The largest absolute Gasteiger partial charge is 0.452 e. The second-order valence-electron chi connectivity index (χ2n) is 9.44. The molecule has 1 saturated carbocycles. The number of carbonyl (C=O) groups excluding carboxylic acids is 4. The van der Waals surface area contributed by atoms with Gasteiger partial charge in [0.05, 0.1) is 33.8 Å². The number of esters is 1. The predicted molar refractivity (Wildman–Crippen MR) is 147 cm³/mol. The van der Waals surface area contributed by atoms with Gasteiger partial charge in [-0.3, -0.25) is 19.3 Å². The van der Waals surface area contributed by atoms with Crippen molar-refractivity contribution in [2.24, 2.45) is 11.8 Å². The highest BCUT2D eigenvalue weighted by Gasteiger charge is 2.50. The van der Waals surface area contributed by atoms with Crippen LogP contribution < -0.4 is 10.2 Å². The van der Waals surface area contributed by atoms with Gasteiger partial charge in [-0.1, -0.05) is 57.9 Å². The van der Waals surface area contributed by atoms with E-state index >= 15 is 0 Å². The van der Waals surface area contributed by atoms with Gasteiger partial charge < -0.3 is 10.1 Å². The first-order valence-corrected chi connectivity index (χ1v) is 13.4. The number of nitrogens with one attached hydrogen (secondary N) is 1. The summed E-state index contributed by atoms with van der Waals surface area (Å²) < 4.78 is 5.88. The van der Waals surface area contributed by atoms with Gasteiger partial charge in [0.2, 0.25) is 11.8 Å². The smallest absolute Gasteiger partial charge is 0.338 e. The van der Waals surface area contributed by atoms with Crippen LogP contribution in [-0.2, 0) is 19.1 Å². The molecule has 1 saturated heterocycles. The van der Waals surface area contributed by atoms with Gasteiger partial charge in [0.25, 0.3) is 5.91 Å². The average molecular weight is 596 g/mol. The van der Waals surface area contributed by atoms with E-state index in [2.05, 4.69) is 33.4 Å². The van der Waals surface area contributed by atoms with E-state index in [1.807, 2.05) is 18.2 Å². The number of halogens is 2. The van der Waals surface area contributed by atoms with Crippen molar-refractivity contribution in [1.82, 2.24) is 0 Å². The summed E-state index contributed by atoms with van der Waals surface area (Å²) in [5.41, 5.74) is 2.21. The molecule has 0 bridgehead atoms. The molecular weight excluding hydrogens is 572 g/mol. The average Bonchev–Trinajstić information content (AvgIpc) is 3.18. The number of hydrogen-bond acceptors (Lipinski definition) is 5. The Morgan fingerprint density at radius 3 is 2.37 bits per heavy atom. The second kappa shape index (κ2) is 11.1. The first-order valence-electron chi connectivity index (χ1n) is 12.3. The van der Waals surface area contributed by atoms with E-state index in [0.29, 0.717) is 29.2 Å². The minimum atomic E-state index is -0.702. The molecule has 9 heteroatoms. The summed E-state index contributed by atoms with van der Waals surface area (Å²) in [5.74, 6) is -2.03. The van der Waals surface area contributed by atoms with Gasteiger partial charge in [0, 0.05) is 4.47 Å². The quantitative estimate of drug-likeness (QED) is 0.280. The van der Waals surface area contributed by atoms with Crippen molar-refractivity contribution in [3.05, 3.63) is 93.4 Å². The number of imide groups is 1. The summed E-state index contributed by atoms with van der Waals surface area (Å²) in [6.07, 6.45) is 2.18. The van der Waals surface area contributed by atoms with Crippen LogP contribution in [0, 0.1) is 11.8 Å². The lowest BCUT2D eigenvalue weighted by Gasteiger charge is -2.28. The molecule has 0 radical (unpaired) electrons. The molecule has 2 fully saturated rings. The zero-order valence-electron chi connectivity index (χ0n) is 20.2. The molecule has 0 unspecified atom stereocenters. The lowest BCUT2D eigenvalue weighted by Crippen LogP contribution is -2.30. The topological polar surface area (TPSA) is 92.8 Å². The van der Waals surface area contributed by atoms with Gasteiger partial charge in [-0.05, 0) is 73.2 Å². The molecule has 5 rings (SSSR count). The summed E-state index contributed by atoms with van der Waals surface area (Å²) in [6, 6.07) is 21.2. The zero-order valence-corrected chi connectivity index (χ0v) is 22.6. The number of nitrogens with zero attached hydrogens (tertiary/aromatic N) is 1. The zero-order chi connectivity index (χ0) is 26.8. The Labute approximate surface area is 233 Å². The lowest BCUT2D eigenvalue weighted by atomic mass is 9.73.